The summed E-state index contributed by atoms with van der Waals surface area (Å²) in [7, 11) is 1.06. The highest BCUT2D eigenvalue weighted by Gasteiger charge is 2.70. The molecular formula is C23H22F5N3O4. The topological polar surface area (TPSA) is 104 Å². The first-order valence-corrected chi connectivity index (χ1v) is 10.7. The van der Waals surface area contributed by atoms with Gasteiger partial charge >= 0.3 is 6.18 Å². The van der Waals surface area contributed by atoms with Crippen molar-refractivity contribution in [3.05, 3.63) is 53.4 Å². The van der Waals surface area contributed by atoms with Gasteiger partial charge in [-0.1, -0.05) is 6.07 Å². The van der Waals surface area contributed by atoms with Crippen LogP contribution in [0.5, 0.6) is 5.75 Å². The van der Waals surface area contributed by atoms with Crippen LogP contribution in [0.4, 0.5) is 27.6 Å². The Morgan fingerprint density at radius 1 is 1.23 bits per heavy atom. The van der Waals surface area contributed by atoms with E-state index >= 15 is 0 Å². The van der Waals surface area contributed by atoms with Crippen molar-refractivity contribution in [3.63, 3.8) is 0 Å². The largest absolute Gasteiger partial charge is 0.493 e. The van der Waals surface area contributed by atoms with E-state index in [1.165, 1.54) is 12.3 Å². The predicted molar refractivity (Wildman–Crippen MR) is 113 cm³/mol. The van der Waals surface area contributed by atoms with Crippen LogP contribution in [0.2, 0.25) is 0 Å². The lowest BCUT2D eigenvalue weighted by molar-refractivity contribution is -0.275. The molecule has 2 aromatic rings. The van der Waals surface area contributed by atoms with E-state index in [1.807, 2.05) is 0 Å². The standard InChI is InChI=1S/C23H22F5N3O4/c1-22(23(26,27)28)16(10-3-4-10)15(12-5-6-13(24)17(25)18(12)34-2)19(35-22)21(33)31-11-7-8-30-14(9-11)20(29)32/h5-10,15-16,19H,3-4H2,1-2H3,(H2,29,32)(H,30,31,33)/t15-,16+,19-,22+/m1/s1. The number of rotatable bonds is 6. The third-order valence-electron chi connectivity index (χ3n) is 6.60. The number of hydrogen-bond acceptors (Lipinski definition) is 5. The minimum Gasteiger partial charge on any atom is -0.493 e. The van der Waals surface area contributed by atoms with E-state index < -0.39 is 64.8 Å². The number of methoxy groups -OCH3 is 1. The molecule has 0 radical (unpaired) electrons. The number of anilines is 1. The molecule has 0 bridgehead atoms. The maximum Gasteiger partial charge on any atom is 0.417 e. The van der Waals surface area contributed by atoms with Gasteiger partial charge in [-0.3, -0.25) is 14.6 Å². The minimum absolute atomic E-state index is 0.0435. The third-order valence-corrected chi connectivity index (χ3v) is 6.60. The maximum absolute atomic E-state index is 14.6. The molecule has 2 amide bonds. The highest BCUT2D eigenvalue weighted by Crippen LogP contribution is 2.62. The van der Waals surface area contributed by atoms with Crippen LogP contribution in [0, 0.1) is 23.5 Å². The van der Waals surface area contributed by atoms with Crippen LogP contribution in [0.15, 0.2) is 30.5 Å². The van der Waals surface area contributed by atoms with Gasteiger partial charge in [-0.2, -0.15) is 17.6 Å². The number of benzene rings is 1. The van der Waals surface area contributed by atoms with Gasteiger partial charge in [0, 0.05) is 29.3 Å². The molecule has 1 aliphatic carbocycles. The van der Waals surface area contributed by atoms with Crippen molar-refractivity contribution in [1.82, 2.24) is 4.98 Å². The fourth-order valence-electron chi connectivity index (χ4n) is 4.85. The molecule has 0 unspecified atom stereocenters. The van der Waals surface area contributed by atoms with Crippen molar-refractivity contribution in [2.75, 3.05) is 12.4 Å². The molecule has 0 spiro atoms. The lowest BCUT2D eigenvalue weighted by atomic mass is 9.73. The molecule has 2 fully saturated rings. The van der Waals surface area contributed by atoms with Gasteiger partial charge in [0.1, 0.15) is 11.8 Å². The van der Waals surface area contributed by atoms with Gasteiger partial charge in [0.15, 0.2) is 17.2 Å². The number of amides is 2. The molecule has 2 heterocycles. The SMILES string of the molecule is COc1c([C@H]2[C@H](C(=O)Nc3ccnc(C(N)=O)c3)O[C@](C)(C(F)(F)F)[C@H]2C2CC2)ccc(F)c1F. The number of nitrogens with one attached hydrogen (secondary N) is 1. The van der Waals surface area contributed by atoms with Crippen molar-refractivity contribution in [3.8, 4) is 5.75 Å². The van der Waals surface area contributed by atoms with E-state index in [1.54, 1.807) is 0 Å². The molecule has 4 atom stereocenters. The Kier molecular flexibility index (Phi) is 6.20. The molecule has 1 aliphatic heterocycles. The number of alkyl halides is 3. The number of ether oxygens (including phenoxy) is 2. The molecule has 1 saturated carbocycles. The summed E-state index contributed by atoms with van der Waals surface area (Å²) in [6, 6.07) is 4.36. The zero-order chi connectivity index (χ0) is 25.7. The normalized spacial score (nSPS) is 26.4. The lowest BCUT2D eigenvalue weighted by Crippen LogP contribution is -2.49. The second-order valence-corrected chi connectivity index (χ2v) is 8.80. The first kappa shape index (κ1) is 24.8. The van der Waals surface area contributed by atoms with Crippen LogP contribution in [0.1, 0.15) is 41.7 Å². The van der Waals surface area contributed by atoms with Crippen LogP contribution >= 0.6 is 0 Å². The van der Waals surface area contributed by atoms with Crippen molar-refractivity contribution >= 4 is 17.5 Å². The van der Waals surface area contributed by atoms with Gasteiger partial charge in [-0.05, 0) is 43.9 Å². The number of nitrogens with zero attached hydrogens (tertiary/aromatic N) is 1. The molecule has 1 saturated heterocycles. The van der Waals surface area contributed by atoms with Gasteiger partial charge in [-0.25, -0.2) is 4.39 Å². The highest BCUT2D eigenvalue weighted by molar-refractivity contribution is 5.97. The lowest BCUT2D eigenvalue weighted by Gasteiger charge is -2.34. The molecule has 1 aromatic heterocycles. The van der Waals surface area contributed by atoms with E-state index in [-0.39, 0.29) is 16.9 Å². The molecule has 3 N–H and O–H groups in total. The Labute approximate surface area is 196 Å². The molecule has 7 nitrogen and oxygen atoms in total. The zero-order valence-electron chi connectivity index (χ0n) is 18.7. The number of hydrogen-bond donors (Lipinski definition) is 2. The Morgan fingerprint density at radius 3 is 2.49 bits per heavy atom. The van der Waals surface area contributed by atoms with E-state index in [4.69, 9.17) is 15.2 Å². The predicted octanol–water partition coefficient (Wildman–Crippen LogP) is 3.94. The third kappa shape index (κ3) is 4.30. The minimum atomic E-state index is -4.87. The van der Waals surface area contributed by atoms with E-state index in [2.05, 4.69) is 10.3 Å². The number of nitrogens with two attached hydrogens (primary N) is 1. The van der Waals surface area contributed by atoms with Gasteiger partial charge in [0.2, 0.25) is 5.82 Å². The summed E-state index contributed by atoms with van der Waals surface area (Å²) in [5.41, 5.74) is 2.21. The molecule has 12 heteroatoms. The average Bonchev–Trinajstić information content (AvgIpc) is 3.57. The van der Waals surface area contributed by atoms with Crippen LogP contribution in [-0.2, 0) is 9.53 Å². The highest BCUT2D eigenvalue weighted by atomic mass is 19.4. The molecule has 2 aliphatic rings. The summed E-state index contributed by atoms with van der Waals surface area (Å²) < 4.78 is 81.9. The number of carbonyl (C=O) groups is 2. The first-order chi connectivity index (χ1) is 16.4. The first-order valence-electron chi connectivity index (χ1n) is 10.7. The molecule has 35 heavy (non-hydrogen) atoms. The van der Waals surface area contributed by atoms with Gasteiger partial charge in [0.05, 0.1) is 7.11 Å². The molecule has 188 valence electrons. The van der Waals surface area contributed by atoms with Crippen LogP contribution in [0.25, 0.3) is 0 Å². The van der Waals surface area contributed by atoms with Gasteiger partial charge in [0.25, 0.3) is 11.8 Å². The Balaban J connectivity index is 1.81. The number of carbonyl (C=O) groups excluding carboxylic acids is 2. The fraction of sp³-hybridized carbons (Fsp3) is 0.435. The van der Waals surface area contributed by atoms with Crippen LogP contribution in [0.3, 0.4) is 0 Å². The Morgan fingerprint density at radius 2 is 1.91 bits per heavy atom. The van der Waals surface area contributed by atoms with Crippen molar-refractivity contribution in [2.24, 2.45) is 17.6 Å². The van der Waals surface area contributed by atoms with Gasteiger partial charge in [-0.15, -0.1) is 0 Å². The van der Waals surface area contributed by atoms with E-state index in [0.29, 0.717) is 12.8 Å². The van der Waals surface area contributed by atoms with Crippen LogP contribution in [-0.4, -0.2) is 41.8 Å². The monoisotopic (exact) mass is 499 g/mol. The molecule has 4 rings (SSSR count). The van der Waals surface area contributed by atoms with E-state index in [0.717, 1.165) is 32.2 Å². The smallest absolute Gasteiger partial charge is 0.417 e. The maximum atomic E-state index is 14.6. The second-order valence-electron chi connectivity index (χ2n) is 8.80. The summed E-state index contributed by atoms with van der Waals surface area (Å²) in [4.78, 5) is 28.4. The summed E-state index contributed by atoms with van der Waals surface area (Å²) in [6.07, 6.45) is -4.49. The fourth-order valence-corrected chi connectivity index (χ4v) is 4.85. The van der Waals surface area contributed by atoms with E-state index in [9.17, 15) is 31.5 Å². The number of halogens is 5. The average molecular weight is 499 g/mol. The Bertz CT molecular complexity index is 1170. The summed E-state index contributed by atoms with van der Waals surface area (Å²) in [5, 5.41) is 2.42. The number of pyridine rings is 1. The second kappa shape index (κ2) is 8.74. The summed E-state index contributed by atoms with van der Waals surface area (Å²) in [5.74, 6) is -8.09. The number of aromatic nitrogens is 1. The van der Waals surface area contributed by atoms with Crippen molar-refractivity contribution < 1.29 is 41.0 Å². The molecular weight excluding hydrogens is 477 g/mol. The van der Waals surface area contributed by atoms with Crippen molar-refractivity contribution in [2.45, 2.75) is 43.6 Å². The van der Waals surface area contributed by atoms with Gasteiger partial charge < -0.3 is 20.5 Å². The summed E-state index contributed by atoms with van der Waals surface area (Å²) >= 11 is 0. The quantitative estimate of drug-likeness (QED) is 0.587. The summed E-state index contributed by atoms with van der Waals surface area (Å²) in [6.45, 7) is 0.861. The van der Waals surface area contributed by atoms with Crippen LogP contribution < -0.4 is 15.8 Å². The Hall–Kier alpha value is -3.28. The zero-order valence-corrected chi connectivity index (χ0v) is 18.7. The number of primary amides is 1. The van der Waals surface area contributed by atoms with Crippen molar-refractivity contribution in [1.29, 1.82) is 0 Å². The molecule has 1 aromatic carbocycles.